The first-order chi connectivity index (χ1) is 12.1. The predicted octanol–water partition coefficient (Wildman–Crippen LogP) is 4.12. The summed E-state index contributed by atoms with van der Waals surface area (Å²) in [5.41, 5.74) is 0.108. The summed E-state index contributed by atoms with van der Waals surface area (Å²) in [6.45, 7) is 0.977. The van der Waals surface area contributed by atoms with Crippen LogP contribution in [0.1, 0.15) is 0 Å². The Kier molecular flexibility index (Phi) is 6.84. The highest BCUT2D eigenvalue weighted by Gasteiger charge is 2.22. The molecule has 2 rings (SSSR count). The van der Waals surface area contributed by atoms with Crippen LogP contribution in [0.15, 0.2) is 39.7 Å². The van der Waals surface area contributed by atoms with Crippen LogP contribution in [0.25, 0.3) is 0 Å². The van der Waals surface area contributed by atoms with Gasteiger partial charge in [0, 0.05) is 12.6 Å². The van der Waals surface area contributed by atoms with Crippen LogP contribution in [0.5, 0.6) is 5.75 Å². The van der Waals surface area contributed by atoms with Gasteiger partial charge in [-0.2, -0.15) is 0 Å². The summed E-state index contributed by atoms with van der Waals surface area (Å²) >= 11 is 8.83. The second kappa shape index (κ2) is 8.51. The van der Waals surface area contributed by atoms with Gasteiger partial charge in [-0.15, -0.1) is 0 Å². The van der Waals surface area contributed by atoms with E-state index < -0.39 is 26.6 Å². The van der Waals surface area contributed by atoms with E-state index in [9.17, 15) is 17.2 Å². The first-order valence-electron chi connectivity index (χ1n) is 7.34. The molecule has 2 aromatic rings. The molecule has 0 radical (unpaired) electrons. The average Bonchev–Trinajstić information content (AvgIpc) is 2.53. The Morgan fingerprint density at radius 3 is 2.54 bits per heavy atom. The van der Waals surface area contributed by atoms with E-state index in [1.165, 1.54) is 18.2 Å². The Morgan fingerprint density at radius 1 is 1.19 bits per heavy atom. The lowest BCUT2D eigenvalue weighted by Crippen LogP contribution is -2.19. The fraction of sp³-hybridized carbons (Fsp3) is 0.250. The van der Waals surface area contributed by atoms with Crippen LogP contribution < -0.4 is 9.46 Å². The molecule has 0 fully saturated rings. The van der Waals surface area contributed by atoms with Gasteiger partial charge in [-0.25, -0.2) is 17.2 Å². The number of likely N-dealkylation sites (N-methyl/N-ethyl adjacent to an activating group) is 1. The number of nitrogens with one attached hydrogen (secondary N) is 1. The Hall–Kier alpha value is -1.42. The van der Waals surface area contributed by atoms with Gasteiger partial charge in [0.2, 0.25) is 0 Å². The zero-order chi connectivity index (χ0) is 19.5. The zero-order valence-corrected chi connectivity index (χ0v) is 17.1. The van der Waals surface area contributed by atoms with Crippen molar-refractivity contribution in [3.05, 3.63) is 51.5 Å². The van der Waals surface area contributed by atoms with Gasteiger partial charge in [-0.05, 0) is 54.3 Å². The topological polar surface area (TPSA) is 58.6 Å². The van der Waals surface area contributed by atoms with Gasteiger partial charge in [0.25, 0.3) is 10.0 Å². The molecule has 0 unspecified atom stereocenters. The molecule has 0 aliphatic rings. The van der Waals surface area contributed by atoms with Crippen LogP contribution >= 0.6 is 27.5 Å². The lowest BCUT2D eigenvalue weighted by molar-refractivity contribution is 0.261. The van der Waals surface area contributed by atoms with Crippen molar-refractivity contribution in [3.63, 3.8) is 0 Å². The maximum absolute atomic E-state index is 13.9. The van der Waals surface area contributed by atoms with Crippen molar-refractivity contribution in [2.75, 3.05) is 32.0 Å². The Morgan fingerprint density at radius 2 is 1.88 bits per heavy atom. The zero-order valence-electron chi connectivity index (χ0n) is 13.9. The van der Waals surface area contributed by atoms with Gasteiger partial charge >= 0.3 is 0 Å². The highest BCUT2D eigenvalue weighted by atomic mass is 79.9. The monoisotopic (exact) mass is 468 g/mol. The van der Waals surface area contributed by atoms with E-state index in [2.05, 4.69) is 20.7 Å². The second-order valence-corrected chi connectivity index (χ2v) is 8.51. The fourth-order valence-electron chi connectivity index (χ4n) is 1.94. The second-order valence-electron chi connectivity index (χ2n) is 5.60. The van der Waals surface area contributed by atoms with Crippen molar-refractivity contribution in [2.45, 2.75) is 4.90 Å². The predicted molar refractivity (Wildman–Crippen MR) is 100 cm³/mol. The molecule has 0 aliphatic carbocycles. The van der Waals surface area contributed by atoms with E-state index in [0.29, 0.717) is 24.2 Å². The quantitative estimate of drug-likeness (QED) is 0.620. The molecule has 10 heteroatoms. The van der Waals surface area contributed by atoms with E-state index in [0.717, 1.165) is 6.07 Å². The molecule has 0 spiro atoms. The van der Waals surface area contributed by atoms with E-state index >= 15 is 0 Å². The van der Waals surface area contributed by atoms with Gasteiger partial charge in [0.1, 0.15) is 28.9 Å². The maximum Gasteiger partial charge on any atom is 0.264 e. The molecular weight excluding hydrogens is 454 g/mol. The van der Waals surface area contributed by atoms with Crippen LogP contribution in [0, 0.1) is 11.6 Å². The highest BCUT2D eigenvalue weighted by molar-refractivity contribution is 9.10. The van der Waals surface area contributed by atoms with Crippen molar-refractivity contribution in [1.29, 1.82) is 0 Å². The SMILES string of the molecule is CN(C)CCOc1cc(NS(=O)(=O)c2cc(F)c(Br)cc2F)ccc1Cl. The number of sulfonamides is 1. The van der Waals surface area contributed by atoms with Crippen molar-refractivity contribution in [3.8, 4) is 5.75 Å². The summed E-state index contributed by atoms with van der Waals surface area (Å²) in [6, 6.07) is 5.57. The number of hydrogen-bond donors (Lipinski definition) is 1. The molecule has 0 saturated carbocycles. The lowest BCUT2D eigenvalue weighted by atomic mass is 10.3. The van der Waals surface area contributed by atoms with Gasteiger partial charge in [-0.3, -0.25) is 4.72 Å². The molecule has 5 nitrogen and oxygen atoms in total. The normalized spacial score (nSPS) is 11.7. The maximum atomic E-state index is 13.9. The molecule has 0 atom stereocenters. The number of benzene rings is 2. The molecule has 0 amide bonds. The van der Waals surface area contributed by atoms with Gasteiger partial charge in [0.05, 0.1) is 15.2 Å². The van der Waals surface area contributed by atoms with Gasteiger partial charge in [-0.1, -0.05) is 11.6 Å². The van der Waals surface area contributed by atoms with Crippen molar-refractivity contribution in [2.24, 2.45) is 0 Å². The number of hydrogen-bond acceptors (Lipinski definition) is 4. The molecule has 0 heterocycles. The van der Waals surface area contributed by atoms with Crippen LogP contribution in [0.3, 0.4) is 0 Å². The van der Waals surface area contributed by atoms with E-state index in [1.54, 1.807) is 0 Å². The Labute approximate surface area is 164 Å². The van der Waals surface area contributed by atoms with Crippen molar-refractivity contribution in [1.82, 2.24) is 4.90 Å². The van der Waals surface area contributed by atoms with Crippen molar-refractivity contribution < 1.29 is 21.9 Å². The minimum Gasteiger partial charge on any atom is -0.491 e. The summed E-state index contributed by atoms with van der Waals surface area (Å²) in [7, 11) is -0.587. The van der Waals surface area contributed by atoms with E-state index in [-0.39, 0.29) is 15.9 Å². The van der Waals surface area contributed by atoms with Crippen LogP contribution in [-0.2, 0) is 10.0 Å². The molecule has 2 aromatic carbocycles. The summed E-state index contributed by atoms with van der Waals surface area (Å²) in [4.78, 5) is 1.11. The first-order valence-corrected chi connectivity index (χ1v) is 10.00. The molecule has 0 aromatic heterocycles. The number of anilines is 1. The molecule has 142 valence electrons. The highest BCUT2D eigenvalue weighted by Crippen LogP contribution is 2.30. The average molecular weight is 470 g/mol. The molecule has 0 aliphatic heterocycles. The van der Waals surface area contributed by atoms with Crippen LogP contribution in [0.4, 0.5) is 14.5 Å². The summed E-state index contributed by atoms with van der Waals surface area (Å²) < 4.78 is 59.8. The van der Waals surface area contributed by atoms with E-state index in [4.69, 9.17) is 16.3 Å². The minimum absolute atomic E-state index is 0.108. The summed E-state index contributed by atoms with van der Waals surface area (Å²) in [5.74, 6) is -1.70. The third kappa shape index (κ3) is 5.29. The van der Waals surface area contributed by atoms with E-state index in [1.807, 2.05) is 19.0 Å². The third-order valence-electron chi connectivity index (χ3n) is 3.24. The standard InChI is InChI=1S/C16H16BrClF2N2O3S/c1-22(2)5-6-25-15-7-10(3-4-12(15)18)21-26(23,24)16-9-13(19)11(17)8-14(16)20/h3-4,7-9,21H,5-6H2,1-2H3. The summed E-state index contributed by atoms with van der Waals surface area (Å²) in [6.07, 6.45) is 0. The minimum atomic E-state index is -4.34. The van der Waals surface area contributed by atoms with Gasteiger partial charge < -0.3 is 9.64 Å². The number of rotatable bonds is 7. The Balaban J connectivity index is 2.26. The molecular formula is C16H16BrClF2N2O3S. The van der Waals surface area contributed by atoms with Gasteiger partial charge in [0.15, 0.2) is 0 Å². The number of halogens is 4. The largest absolute Gasteiger partial charge is 0.491 e. The number of nitrogens with zero attached hydrogens (tertiary/aromatic N) is 1. The molecule has 1 N–H and O–H groups in total. The Bertz CT molecular complexity index is 911. The first kappa shape index (κ1) is 20.9. The summed E-state index contributed by atoms with van der Waals surface area (Å²) in [5, 5.41) is 0.299. The fourth-order valence-corrected chi connectivity index (χ4v) is 3.55. The van der Waals surface area contributed by atoms with Crippen LogP contribution in [-0.4, -0.2) is 40.6 Å². The molecule has 0 bridgehead atoms. The van der Waals surface area contributed by atoms with Crippen LogP contribution in [0.2, 0.25) is 5.02 Å². The third-order valence-corrected chi connectivity index (χ3v) is 5.56. The van der Waals surface area contributed by atoms with Crippen molar-refractivity contribution >= 4 is 43.2 Å². The molecule has 0 saturated heterocycles. The number of ether oxygens (including phenoxy) is 1. The molecule has 26 heavy (non-hydrogen) atoms. The smallest absolute Gasteiger partial charge is 0.264 e. The lowest BCUT2D eigenvalue weighted by Gasteiger charge is -2.14.